The van der Waals surface area contributed by atoms with Crippen LogP contribution in [0.25, 0.3) is 0 Å². The van der Waals surface area contributed by atoms with Gasteiger partial charge in [-0.1, -0.05) is 29.7 Å². The number of ether oxygens (including phenoxy) is 2. The average Bonchev–Trinajstić information content (AvgIpc) is 2.60. The zero-order valence-electron chi connectivity index (χ0n) is 12.9. The van der Waals surface area contributed by atoms with Gasteiger partial charge in [-0.15, -0.1) is 6.42 Å². The molecule has 1 heterocycles. The fraction of sp³-hybridized carbons (Fsp3) is 0.167. The van der Waals surface area contributed by atoms with Gasteiger partial charge in [0.2, 0.25) is 0 Å². The molecule has 0 bridgehead atoms. The highest BCUT2D eigenvalue weighted by molar-refractivity contribution is 6.32. The minimum Gasteiger partial charge on any atom is -0.493 e. The van der Waals surface area contributed by atoms with E-state index in [4.69, 9.17) is 27.5 Å². The van der Waals surface area contributed by atoms with Crippen molar-refractivity contribution in [2.75, 3.05) is 19.0 Å². The molecule has 0 aliphatic carbocycles. The third kappa shape index (κ3) is 2.97. The van der Waals surface area contributed by atoms with Crippen molar-refractivity contribution >= 4 is 23.2 Å². The van der Waals surface area contributed by atoms with Crippen molar-refractivity contribution in [2.24, 2.45) is 0 Å². The van der Waals surface area contributed by atoms with Crippen LogP contribution in [0, 0.1) is 12.3 Å². The van der Waals surface area contributed by atoms with Crippen LogP contribution < -0.4 is 20.1 Å². The normalized spacial score (nSPS) is 15.5. The Morgan fingerprint density at radius 2 is 2.08 bits per heavy atom. The number of terminal acetylenes is 1. The topological polar surface area (TPSA) is 59.6 Å². The van der Waals surface area contributed by atoms with E-state index in [0.717, 1.165) is 11.3 Å². The molecule has 1 aliphatic heterocycles. The van der Waals surface area contributed by atoms with Gasteiger partial charge in [0.1, 0.15) is 12.8 Å². The van der Waals surface area contributed by atoms with Gasteiger partial charge in [0.15, 0.2) is 11.5 Å². The molecule has 2 aromatic rings. The van der Waals surface area contributed by atoms with E-state index in [1.807, 2.05) is 18.2 Å². The smallest absolute Gasteiger partial charge is 0.255 e. The van der Waals surface area contributed by atoms with Crippen LogP contribution in [-0.2, 0) is 0 Å². The molecule has 122 valence electrons. The molecule has 0 saturated carbocycles. The molecule has 1 aliphatic rings. The molecule has 5 nitrogen and oxygen atoms in total. The maximum Gasteiger partial charge on any atom is 0.255 e. The van der Waals surface area contributed by atoms with E-state index in [2.05, 4.69) is 16.6 Å². The number of methoxy groups -OCH3 is 1. The molecule has 0 radical (unpaired) electrons. The Bertz CT molecular complexity index is 829. The first-order valence-electron chi connectivity index (χ1n) is 7.24. The average molecular weight is 343 g/mol. The fourth-order valence-electron chi connectivity index (χ4n) is 2.53. The molecule has 0 spiro atoms. The number of benzene rings is 2. The highest BCUT2D eigenvalue weighted by atomic mass is 35.5. The van der Waals surface area contributed by atoms with E-state index in [-0.39, 0.29) is 12.5 Å². The SMILES string of the molecule is C#CCOc1c(Cl)cc(C2NC(=O)c3ccccc3N2)cc1OC. The summed E-state index contributed by atoms with van der Waals surface area (Å²) < 4.78 is 10.8. The number of halogens is 1. The molecule has 3 rings (SSSR count). The standard InChI is InChI=1S/C18H15ClN2O3/c1-3-8-24-16-13(19)9-11(10-15(16)23-2)17-20-14-7-5-4-6-12(14)18(22)21-17/h1,4-7,9-10,17,20H,8H2,2H3,(H,21,22). The van der Waals surface area contributed by atoms with Crippen molar-refractivity contribution < 1.29 is 14.3 Å². The Hall–Kier alpha value is -2.84. The number of para-hydroxylation sites is 1. The van der Waals surface area contributed by atoms with Crippen molar-refractivity contribution in [1.29, 1.82) is 0 Å². The summed E-state index contributed by atoms with van der Waals surface area (Å²) in [5.74, 6) is 3.05. The molecule has 0 aromatic heterocycles. The first-order valence-corrected chi connectivity index (χ1v) is 7.62. The number of carbonyl (C=O) groups is 1. The molecular weight excluding hydrogens is 328 g/mol. The summed E-state index contributed by atoms with van der Waals surface area (Å²) in [5.41, 5.74) is 2.10. The van der Waals surface area contributed by atoms with Crippen molar-refractivity contribution in [3.63, 3.8) is 0 Å². The number of fused-ring (bicyclic) bond motifs is 1. The fourth-order valence-corrected chi connectivity index (χ4v) is 2.81. The zero-order chi connectivity index (χ0) is 17.1. The Kier molecular flexibility index (Phi) is 4.50. The molecule has 1 atom stereocenters. The van der Waals surface area contributed by atoms with Gasteiger partial charge in [-0.25, -0.2) is 0 Å². The van der Waals surface area contributed by atoms with E-state index in [1.54, 1.807) is 18.2 Å². The number of amides is 1. The summed E-state index contributed by atoms with van der Waals surface area (Å²) in [6.45, 7) is 0.0845. The van der Waals surface area contributed by atoms with Gasteiger partial charge in [0.05, 0.1) is 17.7 Å². The molecule has 2 aromatic carbocycles. The Morgan fingerprint density at radius 3 is 2.83 bits per heavy atom. The highest BCUT2D eigenvalue weighted by Gasteiger charge is 2.26. The molecule has 2 N–H and O–H groups in total. The summed E-state index contributed by atoms with van der Waals surface area (Å²) in [5, 5.41) is 6.51. The Morgan fingerprint density at radius 1 is 1.29 bits per heavy atom. The van der Waals surface area contributed by atoms with Gasteiger partial charge >= 0.3 is 0 Å². The van der Waals surface area contributed by atoms with E-state index in [9.17, 15) is 4.79 Å². The summed E-state index contributed by atoms with van der Waals surface area (Å²) in [6, 6.07) is 10.8. The van der Waals surface area contributed by atoms with Gasteiger partial charge in [-0.3, -0.25) is 4.79 Å². The van der Waals surface area contributed by atoms with Crippen LogP contribution in [0.2, 0.25) is 5.02 Å². The number of carbonyl (C=O) groups excluding carboxylic acids is 1. The number of hydrogen-bond donors (Lipinski definition) is 2. The van der Waals surface area contributed by atoms with Crippen LogP contribution in [0.5, 0.6) is 11.5 Å². The van der Waals surface area contributed by atoms with Crippen LogP contribution >= 0.6 is 11.6 Å². The maximum atomic E-state index is 12.3. The van der Waals surface area contributed by atoms with Crippen molar-refractivity contribution in [3.8, 4) is 23.8 Å². The molecule has 1 amide bonds. The summed E-state index contributed by atoms with van der Waals surface area (Å²) in [6.07, 6.45) is 4.78. The summed E-state index contributed by atoms with van der Waals surface area (Å²) in [4.78, 5) is 12.3. The number of nitrogens with one attached hydrogen (secondary N) is 2. The lowest BCUT2D eigenvalue weighted by atomic mass is 10.1. The molecule has 0 fully saturated rings. The molecule has 24 heavy (non-hydrogen) atoms. The number of rotatable bonds is 4. The maximum absolute atomic E-state index is 12.3. The van der Waals surface area contributed by atoms with E-state index in [1.165, 1.54) is 7.11 Å². The molecule has 0 saturated heterocycles. The summed E-state index contributed by atoms with van der Waals surface area (Å²) >= 11 is 6.29. The van der Waals surface area contributed by atoms with Crippen LogP contribution in [0.1, 0.15) is 22.1 Å². The van der Waals surface area contributed by atoms with Crippen molar-refractivity contribution in [2.45, 2.75) is 6.17 Å². The molecule has 1 unspecified atom stereocenters. The third-order valence-electron chi connectivity index (χ3n) is 3.63. The largest absolute Gasteiger partial charge is 0.493 e. The Labute approximate surface area is 144 Å². The second-order valence-electron chi connectivity index (χ2n) is 5.12. The zero-order valence-corrected chi connectivity index (χ0v) is 13.7. The Balaban J connectivity index is 1.95. The van der Waals surface area contributed by atoms with Crippen LogP contribution in [-0.4, -0.2) is 19.6 Å². The predicted molar refractivity (Wildman–Crippen MR) is 92.6 cm³/mol. The minimum atomic E-state index is -0.430. The highest BCUT2D eigenvalue weighted by Crippen LogP contribution is 2.39. The molecule has 6 heteroatoms. The van der Waals surface area contributed by atoms with Crippen LogP contribution in [0.15, 0.2) is 36.4 Å². The van der Waals surface area contributed by atoms with Gasteiger partial charge in [-0.05, 0) is 29.8 Å². The van der Waals surface area contributed by atoms with Crippen LogP contribution in [0.3, 0.4) is 0 Å². The van der Waals surface area contributed by atoms with Gasteiger partial charge in [0.25, 0.3) is 5.91 Å². The predicted octanol–water partition coefficient (Wildman–Crippen LogP) is 3.21. The van der Waals surface area contributed by atoms with Crippen molar-refractivity contribution in [3.05, 3.63) is 52.5 Å². The lowest BCUT2D eigenvalue weighted by Crippen LogP contribution is -2.38. The van der Waals surface area contributed by atoms with E-state index in [0.29, 0.717) is 22.1 Å². The lowest BCUT2D eigenvalue weighted by Gasteiger charge is -2.28. The monoisotopic (exact) mass is 342 g/mol. The van der Waals surface area contributed by atoms with Gasteiger partial charge in [0, 0.05) is 5.69 Å². The first-order chi connectivity index (χ1) is 11.6. The third-order valence-corrected chi connectivity index (χ3v) is 3.91. The lowest BCUT2D eigenvalue weighted by molar-refractivity contribution is 0.0935. The first kappa shape index (κ1) is 16.0. The number of anilines is 1. The van der Waals surface area contributed by atoms with Gasteiger partial charge < -0.3 is 20.1 Å². The van der Waals surface area contributed by atoms with Gasteiger partial charge in [-0.2, -0.15) is 0 Å². The minimum absolute atomic E-state index is 0.0845. The second kappa shape index (κ2) is 6.73. The quantitative estimate of drug-likeness (QED) is 0.838. The van der Waals surface area contributed by atoms with E-state index >= 15 is 0 Å². The second-order valence-corrected chi connectivity index (χ2v) is 5.53. The summed E-state index contributed by atoms with van der Waals surface area (Å²) in [7, 11) is 1.51. The van der Waals surface area contributed by atoms with E-state index < -0.39 is 6.17 Å². The van der Waals surface area contributed by atoms with Crippen molar-refractivity contribution in [1.82, 2.24) is 5.32 Å². The van der Waals surface area contributed by atoms with Crippen LogP contribution in [0.4, 0.5) is 5.69 Å². The molecular formula is C18H15ClN2O3. The number of hydrogen-bond acceptors (Lipinski definition) is 4.